The maximum absolute atomic E-state index is 13.2. The number of carbonyl (C=O) groups excluding carboxylic acids is 1. The summed E-state index contributed by atoms with van der Waals surface area (Å²) in [4.78, 5) is 11.8. The fraction of sp³-hybridized carbons (Fsp3) is 0.423. The second-order valence-electron chi connectivity index (χ2n) is 9.26. The van der Waals surface area contributed by atoms with E-state index in [1.165, 1.54) is 6.92 Å². The molecule has 0 spiro atoms. The van der Waals surface area contributed by atoms with Gasteiger partial charge in [0, 0.05) is 17.5 Å². The Morgan fingerprint density at radius 1 is 0.971 bits per heavy atom. The lowest BCUT2D eigenvalue weighted by molar-refractivity contribution is -0.143. The number of benzene rings is 2. The van der Waals surface area contributed by atoms with Crippen LogP contribution in [0.4, 0.5) is 26.3 Å². The molecule has 190 valence electrons. The Balaban J connectivity index is 1.81. The van der Waals surface area contributed by atoms with Crippen molar-refractivity contribution in [2.75, 3.05) is 6.61 Å². The molecule has 1 saturated carbocycles. The Bertz CT molecular complexity index is 1030. The van der Waals surface area contributed by atoms with Gasteiger partial charge in [-0.1, -0.05) is 49.8 Å². The highest BCUT2D eigenvalue weighted by atomic mass is 19.4. The van der Waals surface area contributed by atoms with Crippen LogP contribution in [-0.2, 0) is 27.3 Å². The van der Waals surface area contributed by atoms with Crippen LogP contribution < -0.4 is 5.32 Å². The van der Waals surface area contributed by atoms with Gasteiger partial charge < -0.3 is 10.1 Å². The smallest absolute Gasteiger partial charge is 0.373 e. The Morgan fingerprint density at radius 2 is 1.51 bits per heavy atom. The van der Waals surface area contributed by atoms with Crippen molar-refractivity contribution < 1.29 is 35.9 Å². The normalized spacial score (nSPS) is 19.3. The molecule has 3 rings (SSSR count). The van der Waals surface area contributed by atoms with Gasteiger partial charge in [0.15, 0.2) is 0 Å². The quantitative estimate of drug-likeness (QED) is 0.410. The predicted octanol–water partition coefficient (Wildman–Crippen LogP) is 7.19. The molecule has 1 amide bonds. The van der Waals surface area contributed by atoms with Crippen molar-refractivity contribution in [1.29, 1.82) is 0 Å². The Kier molecular flexibility index (Phi) is 7.69. The Hall–Kier alpha value is -2.81. The molecule has 1 aliphatic carbocycles. The van der Waals surface area contributed by atoms with Crippen LogP contribution in [0.1, 0.15) is 62.0 Å². The van der Waals surface area contributed by atoms with Crippen LogP contribution in [0.3, 0.4) is 0 Å². The molecule has 0 aliphatic heterocycles. The fourth-order valence-corrected chi connectivity index (χ4v) is 4.04. The van der Waals surface area contributed by atoms with Gasteiger partial charge in [-0.3, -0.25) is 4.79 Å². The molecule has 0 saturated heterocycles. The number of ether oxygens (including phenoxy) is 1. The van der Waals surface area contributed by atoms with Crippen molar-refractivity contribution in [2.45, 2.75) is 57.5 Å². The van der Waals surface area contributed by atoms with E-state index < -0.39 is 35.0 Å². The highest BCUT2D eigenvalue weighted by molar-refractivity contribution is 5.78. The Labute approximate surface area is 200 Å². The molecule has 0 radical (unpaired) electrons. The van der Waals surface area contributed by atoms with E-state index in [1.54, 1.807) is 20.0 Å². The summed E-state index contributed by atoms with van der Waals surface area (Å²) in [7, 11) is 0. The Morgan fingerprint density at radius 3 is 2.00 bits per heavy atom. The van der Waals surface area contributed by atoms with E-state index >= 15 is 0 Å². The molecule has 1 N–H and O–H groups in total. The second-order valence-corrected chi connectivity index (χ2v) is 9.26. The lowest BCUT2D eigenvalue weighted by atomic mass is 9.62. The molecule has 1 aliphatic rings. The van der Waals surface area contributed by atoms with Crippen molar-refractivity contribution >= 4 is 5.91 Å². The van der Waals surface area contributed by atoms with Gasteiger partial charge in [-0.05, 0) is 49.1 Å². The van der Waals surface area contributed by atoms with E-state index in [-0.39, 0.29) is 30.1 Å². The monoisotopic (exact) mass is 499 g/mol. The average Bonchev–Trinajstić information content (AvgIpc) is 2.76. The average molecular weight is 499 g/mol. The fourth-order valence-electron chi connectivity index (χ4n) is 4.04. The molecule has 1 fully saturated rings. The van der Waals surface area contributed by atoms with Crippen molar-refractivity contribution in [3.63, 3.8) is 0 Å². The summed E-state index contributed by atoms with van der Waals surface area (Å²) < 4.78 is 85.3. The van der Waals surface area contributed by atoms with Crippen LogP contribution in [-0.4, -0.2) is 12.5 Å². The maximum Gasteiger partial charge on any atom is 0.416 e. The van der Waals surface area contributed by atoms with Gasteiger partial charge in [-0.15, -0.1) is 0 Å². The number of nitrogens with one attached hydrogen (secondary N) is 1. The molecule has 2 aromatic rings. The van der Waals surface area contributed by atoms with E-state index in [0.29, 0.717) is 25.0 Å². The van der Waals surface area contributed by atoms with Gasteiger partial charge in [0.25, 0.3) is 0 Å². The van der Waals surface area contributed by atoms with Crippen LogP contribution >= 0.6 is 0 Å². The van der Waals surface area contributed by atoms with Crippen LogP contribution in [0.5, 0.6) is 0 Å². The predicted molar refractivity (Wildman–Crippen MR) is 119 cm³/mol. The number of carbonyl (C=O) groups is 1. The summed E-state index contributed by atoms with van der Waals surface area (Å²) in [6, 6.07) is 10.9. The van der Waals surface area contributed by atoms with Gasteiger partial charge in [0.2, 0.25) is 5.91 Å². The van der Waals surface area contributed by atoms with Crippen LogP contribution in [0.25, 0.3) is 0 Å². The third-order valence-corrected chi connectivity index (χ3v) is 6.15. The SMILES string of the molecule is CC(C)C(=O)NC=C1CC(CO[C@H](C)c2cc(C(F)(F)F)cc(C(F)(F)F)c2)(c2ccccc2)C1. The van der Waals surface area contributed by atoms with E-state index in [0.717, 1.165) is 11.1 Å². The zero-order valence-corrected chi connectivity index (χ0v) is 19.6. The summed E-state index contributed by atoms with van der Waals surface area (Å²) in [5.74, 6) is -0.298. The number of rotatable bonds is 7. The lowest BCUT2D eigenvalue weighted by Crippen LogP contribution is -2.42. The van der Waals surface area contributed by atoms with Crippen LogP contribution in [0.15, 0.2) is 60.3 Å². The van der Waals surface area contributed by atoms with Crippen LogP contribution in [0.2, 0.25) is 0 Å². The molecular weight excluding hydrogens is 472 g/mol. The first kappa shape index (κ1) is 26.8. The largest absolute Gasteiger partial charge is 0.416 e. The van der Waals surface area contributed by atoms with E-state index in [4.69, 9.17) is 4.74 Å². The van der Waals surface area contributed by atoms with Crippen molar-refractivity contribution in [1.82, 2.24) is 5.32 Å². The van der Waals surface area contributed by atoms with E-state index in [2.05, 4.69) is 5.32 Å². The van der Waals surface area contributed by atoms with Crippen LogP contribution in [0, 0.1) is 5.92 Å². The van der Waals surface area contributed by atoms with Gasteiger partial charge >= 0.3 is 12.4 Å². The zero-order chi connectivity index (χ0) is 26.0. The number of allylic oxidation sites excluding steroid dienone is 1. The first-order valence-corrected chi connectivity index (χ1v) is 11.2. The minimum Gasteiger partial charge on any atom is -0.373 e. The minimum absolute atomic E-state index is 0.0885. The van der Waals surface area contributed by atoms with Crippen molar-refractivity contribution in [3.8, 4) is 0 Å². The highest BCUT2D eigenvalue weighted by Crippen LogP contribution is 2.48. The summed E-state index contributed by atoms with van der Waals surface area (Å²) >= 11 is 0. The summed E-state index contributed by atoms with van der Waals surface area (Å²) in [6.45, 7) is 5.07. The summed E-state index contributed by atoms with van der Waals surface area (Å²) in [5.41, 5.74) is -1.53. The standard InChI is InChI=1S/C26H27F6NO2/c1-16(2)23(34)33-14-18-12-24(13-18,20-7-5-4-6-8-20)15-35-17(3)19-9-21(25(27,28)29)11-22(10-19)26(30,31)32/h4-11,14,16-17H,12-13,15H2,1-3H3,(H,33,34)/t17-,24?/m1/s1. The first-order chi connectivity index (χ1) is 16.2. The zero-order valence-electron chi connectivity index (χ0n) is 19.6. The molecule has 0 aromatic heterocycles. The van der Waals surface area contributed by atoms with Crippen molar-refractivity contribution in [2.24, 2.45) is 5.92 Å². The molecule has 3 nitrogen and oxygen atoms in total. The van der Waals surface area contributed by atoms with Gasteiger partial charge in [0.05, 0.1) is 23.8 Å². The van der Waals surface area contributed by atoms with E-state index in [9.17, 15) is 31.1 Å². The number of hydrogen-bond donors (Lipinski definition) is 1. The minimum atomic E-state index is -4.92. The third kappa shape index (κ3) is 6.45. The van der Waals surface area contributed by atoms with Gasteiger partial charge in [-0.25, -0.2) is 0 Å². The lowest BCUT2D eigenvalue weighted by Gasteiger charge is -2.45. The molecule has 35 heavy (non-hydrogen) atoms. The highest BCUT2D eigenvalue weighted by Gasteiger charge is 2.43. The molecule has 0 unspecified atom stereocenters. The summed E-state index contributed by atoms with van der Waals surface area (Å²) in [6.07, 6.45) is -8.11. The molecule has 9 heteroatoms. The number of alkyl halides is 6. The van der Waals surface area contributed by atoms with Gasteiger partial charge in [0.1, 0.15) is 0 Å². The molecule has 1 atom stereocenters. The number of halogens is 6. The first-order valence-electron chi connectivity index (χ1n) is 11.2. The molecule has 0 heterocycles. The number of amides is 1. The second kappa shape index (κ2) is 10.0. The van der Waals surface area contributed by atoms with Crippen molar-refractivity contribution in [3.05, 3.63) is 82.6 Å². The molecule has 0 bridgehead atoms. The third-order valence-electron chi connectivity index (χ3n) is 6.15. The molecule has 2 aromatic carbocycles. The van der Waals surface area contributed by atoms with Gasteiger partial charge in [-0.2, -0.15) is 26.3 Å². The summed E-state index contributed by atoms with van der Waals surface area (Å²) in [5, 5.41) is 2.75. The molecular formula is C26H27F6NO2. The van der Waals surface area contributed by atoms with E-state index in [1.807, 2.05) is 30.3 Å². The maximum atomic E-state index is 13.2. The number of hydrogen-bond acceptors (Lipinski definition) is 2. The topological polar surface area (TPSA) is 38.3 Å².